The van der Waals surface area contributed by atoms with Gasteiger partial charge < -0.3 is 36.5 Å². The summed E-state index contributed by atoms with van der Waals surface area (Å²) in [5.74, 6) is -2.15. The van der Waals surface area contributed by atoms with Gasteiger partial charge >= 0.3 is 24.4 Å². The summed E-state index contributed by atoms with van der Waals surface area (Å²) in [6.45, 7) is 9.27. The molecule has 6 amide bonds. The van der Waals surface area contributed by atoms with Crippen molar-refractivity contribution in [2.45, 2.75) is 84.9 Å². The first-order valence-corrected chi connectivity index (χ1v) is 15.3. The van der Waals surface area contributed by atoms with Gasteiger partial charge in [-0.15, -0.1) is 0 Å². The van der Waals surface area contributed by atoms with E-state index in [4.69, 9.17) is 15.2 Å². The summed E-state index contributed by atoms with van der Waals surface area (Å²) in [6, 6.07) is 3.33. The topological polar surface area (TPSA) is 203 Å². The standard InChI is InChI=1S/C29H40F3N7O7S/c1-15(2)20(37-27(44)46-28(4,5)6)23(41)36-18(8-7-13-34-24(33)42)22(40)39-25-38-21(29(30,31)32)19(47-25)14-45-26(43)35-17-11-9-16(3)10-12-17/h9-12,15,18,20H,7-8,13-14H2,1-6H3,(H,35,43)(H,36,41)(H,37,44)(H3,33,34,42)(H,38,39,40)/t18-,20-/m1/s1. The van der Waals surface area contributed by atoms with Crippen molar-refractivity contribution < 1.29 is 46.6 Å². The zero-order valence-corrected chi connectivity index (χ0v) is 27.6. The molecule has 0 spiro atoms. The first-order chi connectivity index (χ1) is 21.7. The molecular weight excluding hydrogens is 647 g/mol. The summed E-state index contributed by atoms with van der Waals surface area (Å²) < 4.78 is 51.6. The normalized spacial score (nSPS) is 12.8. The van der Waals surface area contributed by atoms with Gasteiger partial charge in [0.05, 0.1) is 4.88 Å². The number of ether oxygens (including phenoxy) is 2. The van der Waals surface area contributed by atoms with Crippen molar-refractivity contribution >= 4 is 52.2 Å². The van der Waals surface area contributed by atoms with E-state index in [2.05, 4.69) is 31.6 Å². The highest BCUT2D eigenvalue weighted by atomic mass is 32.1. The van der Waals surface area contributed by atoms with E-state index in [1.54, 1.807) is 58.9 Å². The second-order valence-corrected chi connectivity index (χ2v) is 12.8. The zero-order valence-electron chi connectivity index (χ0n) is 26.8. The third kappa shape index (κ3) is 13.7. The Hall–Kier alpha value is -4.61. The maximum absolute atomic E-state index is 13.8. The molecule has 0 radical (unpaired) electrons. The molecule has 0 aliphatic rings. The van der Waals surface area contributed by atoms with Gasteiger partial charge in [0.1, 0.15) is 24.3 Å². The molecule has 7 N–H and O–H groups in total. The van der Waals surface area contributed by atoms with Gasteiger partial charge in [-0.25, -0.2) is 19.4 Å². The summed E-state index contributed by atoms with van der Waals surface area (Å²) >= 11 is 0.431. The van der Waals surface area contributed by atoms with E-state index in [1.807, 2.05) is 6.92 Å². The molecule has 0 aliphatic heterocycles. The summed E-state index contributed by atoms with van der Waals surface area (Å²) in [4.78, 5) is 65.1. The number of aryl methyl sites for hydroxylation is 1. The van der Waals surface area contributed by atoms with Gasteiger partial charge in [-0.3, -0.25) is 14.9 Å². The molecule has 1 heterocycles. The number of nitrogens with two attached hydrogens (primary N) is 1. The van der Waals surface area contributed by atoms with Gasteiger partial charge in [0.15, 0.2) is 10.8 Å². The number of aromatic nitrogens is 1. The van der Waals surface area contributed by atoms with E-state index in [1.165, 1.54) is 0 Å². The van der Waals surface area contributed by atoms with Gasteiger partial charge in [-0.1, -0.05) is 42.9 Å². The van der Waals surface area contributed by atoms with E-state index in [0.717, 1.165) is 5.56 Å². The van der Waals surface area contributed by atoms with E-state index >= 15 is 0 Å². The van der Waals surface area contributed by atoms with Crippen LogP contribution in [-0.4, -0.2) is 59.2 Å². The lowest BCUT2D eigenvalue weighted by Crippen LogP contribution is -2.55. The number of thiazole rings is 1. The Labute approximate surface area is 273 Å². The average Bonchev–Trinajstić information content (AvgIpc) is 3.35. The molecular formula is C29H40F3N7O7S. The Balaban J connectivity index is 2.21. The number of carbonyl (C=O) groups is 5. The third-order valence-electron chi connectivity index (χ3n) is 6.05. The monoisotopic (exact) mass is 687 g/mol. The number of urea groups is 1. The highest BCUT2D eigenvalue weighted by Gasteiger charge is 2.38. The van der Waals surface area contributed by atoms with Crippen molar-refractivity contribution in [1.29, 1.82) is 0 Å². The molecule has 0 saturated carbocycles. The molecule has 18 heteroatoms. The Morgan fingerprint density at radius 2 is 1.60 bits per heavy atom. The summed E-state index contributed by atoms with van der Waals surface area (Å²) in [5, 5.41) is 11.5. The maximum Gasteiger partial charge on any atom is 0.434 e. The second kappa shape index (κ2) is 16.8. The number of carbonyl (C=O) groups excluding carboxylic acids is 5. The number of alkyl carbamates (subject to hydrolysis) is 1. The van der Waals surface area contributed by atoms with Crippen LogP contribution in [0.2, 0.25) is 0 Å². The van der Waals surface area contributed by atoms with Crippen LogP contribution in [0.1, 0.15) is 63.6 Å². The predicted molar refractivity (Wildman–Crippen MR) is 167 cm³/mol. The number of alkyl halides is 3. The van der Waals surface area contributed by atoms with Crippen LogP contribution in [0.15, 0.2) is 24.3 Å². The molecule has 0 saturated heterocycles. The highest BCUT2D eigenvalue weighted by molar-refractivity contribution is 7.15. The van der Waals surface area contributed by atoms with Crippen LogP contribution in [0.4, 0.5) is 38.4 Å². The minimum Gasteiger partial charge on any atom is -0.444 e. The number of amides is 6. The van der Waals surface area contributed by atoms with Crippen molar-refractivity contribution in [3.63, 3.8) is 0 Å². The van der Waals surface area contributed by atoms with Crippen molar-refractivity contribution in [2.24, 2.45) is 11.7 Å². The average molecular weight is 688 g/mol. The Kier molecular flexibility index (Phi) is 13.8. The molecule has 2 rings (SSSR count). The zero-order chi connectivity index (χ0) is 35.5. The molecule has 1 aromatic carbocycles. The van der Waals surface area contributed by atoms with Crippen LogP contribution in [0.5, 0.6) is 0 Å². The fourth-order valence-corrected chi connectivity index (χ4v) is 4.75. The smallest absolute Gasteiger partial charge is 0.434 e. The maximum atomic E-state index is 13.8. The number of primary amides is 1. The highest BCUT2D eigenvalue weighted by Crippen LogP contribution is 2.36. The van der Waals surface area contributed by atoms with Crippen LogP contribution in [0.25, 0.3) is 0 Å². The fraction of sp³-hybridized carbons (Fsp3) is 0.517. The Morgan fingerprint density at radius 3 is 2.15 bits per heavy atom. The Bertz CT molecular complexity index is 1410. The first kappa shape index (κ1) is 38.6. The van der Waals surface area contributed by atoms with Crippen molar-refractivity contribution in [1.82, 2.24) is 20.9 Å². The molecule has 2 aromatic rings. The summed E-state index contributed by atoms with van der Waals surface area (Å²) in [7, 11) is 0. The molecule has 0 unspecified atom stereocenters. The van der Waals surface area contributed by atoms with Crippen LogP contribution in [-0.2, 0) is 31.8 Å². The molecule has 2 atom stereocenters. The number of nitrogens with one attached hydrogen (secondary N) is 5. The van der Waals surface area contributed by atoms with Gasteiger partial charge in [0.2, 0.25) is 11.8 Å². The molecule has 14 nitrogen and oxygen atoms in total. The van der Waals surface area contributed by atoms with Gasteiger partial charge in [-0.05, 0) is 58.6 Å². The van der Waals surface area contributed by atoms with Crippen molar-refractivity contribution in [3.05, 3.63) is 40.4 Å². The van der Waals surface area contributed by atoms with E-state index in [0.29, 0.717) is 17.0 Å². The second-order valence-electron chi connectivity index (χ2n) is 11.7. The van der Waals surface area contributed by atoms with Gasteiger partial charge in [0.25, 0.3) is 0 Å². The van der Waals surface area contributed by atoms with E-state index < -0.39 is 82.1 Å². The molecule has 1 aromatic heterocycles. The predicted octanol–water partition coefficient (Wildman–Crippen LogP) is 4.64. The van der Waals surface area contributed by atoms with E-state index in [-0.39, 0.29) is 19.4 Å². The number of hydrogen-bond donors (Lipinski definition) is 6. The van der Waals surface area contributed by atoms with Gasteiger partial charge in [0, 0.05) is 12.2 Å². The molecule has 0 aliphatic carbocycles. The van der Waals surface area contributed by atoms with Crippen LogP contribution in [0, 0.1) is 12.8 Å². The molecule has 47 heavy (non-hydrogen) atoms. The SMILES string of the molecule is Cc1ccc(NC(=O)OCc2sc(NC(=O)[C@@H](CCCNC(N)=O)NC(=O)[C@H](NC(=O)OC(C)(C)C)C(C)C)nc2C(F)(F)F)cc1. The summed E-state index contributed by atoms with van der Waals surface area (Å²) in [6.07, 6.45) is -6.77. The largest absolute Gasteiger partial charge is 0.444 e. The lowest BCUT2D eigenvalue weighted by Gasteiger charge is -2.27. The minimum absolute atomic E-state index is 0.0281. The van der Waals surface area contributed by atoms with Crippen LogP contribution in [0.3, 0.4) is 0 Å². The third-order valence-corrected chi connectivity index (χ3v) is 7.00. The van der Waals surface area contributed by atoms with Crippen molar-refractivity contribution in [3.8, 4) is 0 Å². The van der Waals surface area contributed by atoms with Gasteiger partial charge in [-0.2, -0.15) is 13.2 Å². The summed E-state index contributed by atoms with van der Waals surface area (Å²) in [5.41, 5.74) is 4.15. The number of halogens is 3. The number of benzene rings is 1. The number of rotatable bonds is 13. The number of hydrogen-bond acceptors (Lipinski definition) is 9. The van der Waals surface area contributed by atoms with Crippen LogP contribution >= 0.6 is 11.3 Å². The molecule has 0 bridgehead atoms. The first-order valence-electron chi connectivity index (χ1n) is 14.5. The fourth-order valence-electron chi connectivity index (χ4n) is 3.86. The van der Waals surface area contributed by atoms with Crippen molar-refractivity contribution in [2.75, 3.05) is 17.2 Å². The van der Waals surface area contributed by atoms with Crippen LogP contribution < -0.4 is 32.3 Å². The Morgan fingerprint density at radius 1 is 0.957 bits per heavy atom. The minimum atomic E-state index is -4.95. The molecule has 260 valence electrons. The number of anilines is 2. The lowest BCUT2D eigenvalue weighted by molar-refractivity contribution is -0.141. The lowest BCUT2D eigenvalue weighted by atomic mass is 10.0. The number of nitrogens with zero attached hydrogens (tertiary/aromatic N) is 1. The van der Waals surface area contributed by atoms with E-state index in [9.17, 15) is 37.1 Å². The molecule has 0 fully saturated rings. The quantitative estimate of drug-likeness (QED) is 0.163.